The number of nitro groups is 1. The van der Waals surface area contributed by atoms with E-state index >= 15 is 0 Å². The summed E-state index contributed by atoms with van der Waals surface area (Å²) in [7, 11) is 0. The van der Waals surface area contributed by atoms with Crippen LogP contribution in [0.25, 0.3) is 6.08 Å². The molecular formula is C21H14N2O3S. The number of non-ortho nitro benzene ring substituents is 1. The number of hydrogen-bond acceptors (Lipinski definition) is 5. The Bertz CT molecular complexity index is 1090. The number of para-hydroxylation sites is 1. The molecule has 0 spiro atoms. The van der Waals surface area contributed by atoms with Gasteiger partial charge in [-0.2, -0.15) is 0 Å². The van der Waals surface area contributed by atoms with Crippen LogP contribution in [0.1, 0.15) is 15.9 Å². The largest absolute Gasteiger partial charge is 0.354 e. The standard InChI is InChI=1S/C21H14N2O3S/c24-19(10-8-14-4-3-5-16(12-14)23(25)26)15-9-11-21-18(13-15)22-17-6-1-2-7-20(17)27-21/h1-13,22H/b10-8+. The molecule has 0 atom stereocenters. The van der Waals surface area contributed by atoms with Gasteiger partial charge in [-0.3, -0.25) is 14.9 Å². The number of nitrogens with zero attached hydrogens (tertiary/aromatic N) is 1. The van der Waals surface area contributed by atoms with Crippen LogP contribution >= 0.6 is 11.8 Å². The molecule has 1 heterocycles. The van der Waals surface area contributed by atoms with E-state index in [4.69, 9.17) is 0 Å². The topological polar surface area (TPSA) is 72.2 Å². The van der Waals surface area contributed by atoms with E-state index in [0.717, 1.165) is 21.2 Å². The zero-order chi connectivity index (χ0) is 18.8. The summed E-state index contributed by atoms with van der Waals surface area (Å²) in [5.74, 6) is -0.157. The first-order chi connectivity index (χ1) is 13.1. The number of nitrogens with one attached hydrogen (secondary N) is 1. The van der Waals surface area contributed by atoms with E-state index in [1.165, 1.54) is 18.2 Å². The molecule has 5 nitrogen and oxygen atoms in total. The van der Waals surface area contributed by atoms with Crippen LogP contribution in [-0.4, -0.2) is 10.7 Å². The fourth-order valence-corrected chi connectivity index (χ4v) is 3.77. The van der Waals surface area contributed by atoms with Crippen LogP contribution in [0.15, 0.2) is 82.6 Å². The monoisotopic (exact) mass is 374 g/mol. The van der Waals surface area contributed by atoms with Crippen molar-refractivity contribution < 1.29 is 9.72 Å². The molecule has 0 fully saturated rings. The second-order valence-electron chi connectivity index (χ2n) is 5.98. The number of hydrogen-bond donors (Lipinski definition) is 1. The lowest BCUT2D eigenvalue weighted by atomic mass is 10.1. The average Bonchev–Trinajstić information content (AvgIpc) is 2.70. The quantitative estimate of drug-likeness (QED) is 0.215. The molecule has 1 aliphatic rings. The van der Waals surface area contributed by atoms with E-state index in [1.807, 2.05) is 30.3 Å². The zero-order valence-corrected chi connectivity index (χ0v) is 14.9. The van der Waals surface area contributed by atoms with Crippen molar-refractivity contribution in [3.63, 3.8) is 0 Å². The minimum atomic E-state index is -0.455. The van der Waals surface area contributed by atoms with E-state index in [1.54, 1.807) is 36.0 Å². The summed E-state index contributed by atoms with van der Waals surface area (Å²) in [6, 6.07) is 19.7. The lowest BCUT2D eigenvalue weighted by Crippen LogP contribution is -2.02. The highest BCUT2D eigenvalue weighted by molar-refractivity contribution is 7.99. The second-order valence-corrected chi connectivity index (χ2v) is 7.07. The molecule has 0 amide bonds. The van der Waals surface area contributed by atoms with Crippen molar-refractivity contribution in [2.45, 2.75) is 9.79 Å². The van der Waals surface area contributed by atoms with Crippen LogP contribution in [0.3, 0.4) is 0 Å². The fourth-order valence-electron chi connectivity index (χ4n) is 2.80. The molecule has 1 N–H and O–H groups in total. The second kappa shape index (κ2) is 7.09. The number of allylic oxidation sites excluding steroid dienone is 1. The molecule has 0 saturated carbocycles. The molecule has 0 unspecified atom stereocenters. The Morgan fingerprint density at radius 2 is 1.78 bits per heavy atom. The summed E-state index contributed by atoms with van der Waals surface area (Å²) in [4.78, 5) is 25.1. The number of carbonyl (C=O) groups excluding carboxylic acids is 1. The normalized spacial score (nSPS) is 12.1. The lowest BCUT2D eigenvalue weighted by molar-refractivity contribution is -0.384. The van der Waals surface area contributed by atoms with Gasteiger partial charge in [-0.1, -0.05) is 42.1 Å². The highest BCUT2D eigenvalue weighted by atomic mass is 32.2. The van der Waals surface area contributed by atoms with Gasteiger partial charge in [0.05, 0.1) is 16.3 Å². The molecule has 1 aliphatic heterocycles. The van der Waals surface area contributed by atoms with Crippen molar-refractivity contribution in [2.75, 3.05) is 5.32 Å². The van der Waals surface area contributed by atoms with Crippen LogP contribution < -0.4 is 5.32 Å². The Labute approximate surface area is 159 Å². The summed E-state index contributed by atoms with van der Waals surface area (Å²) in [6.07, 6.45) is 3.02. The third-order valence-electron chi connectivity index (χ3n) is 4.15. The number of anilines is 2. The van der Waals surface area contributed by atoms with Crippen LogP contribution in [0.4, 0.5) is 17.1 Å². The summed E-state index contributed by atoms with van der Waals surface area (Å²) in [5, 5.41) is 14.2. The van der Waals surface area contributed by atoms with Gasteiger partial charge in [0.25, 0.3) is 5.69 Å². The summed E-state index contributed by atoms with van der Waals surface area (Å²) in [6.45, 7) is 0. The molecule has 0 bridgehead atoms. The van der Waals surface area contributed by atoms with Crippen molar-refractivity contribution >= 4 is 40.7 Å². The molecule has 6 heteroatoms. The third kappa shape index (κ3) is 3.61. The number of fused-ring (bicyclic) bond motifs is 2. The van der Waals surface area contributed by atoms with E-state index in [0.29, 0.717) is 11.1 Å². The number of ketones is 1. The van der Waals surface area contributed by atoms with Gasteiger partial charge in [0.15, 0.2) is 5.78 Å². The minimum absolute atomic E-state index is 0.00160. The van der Waals surface area contributed by atoms with E-state index < -0.39 is 4.92 Å². The predicted molar refractivity (Wildman–Crippen MR) is 107 cm³/mol. The molecule has 27 heavy (non-hydrogen) atoms. The first-order valence-corrected chi connectivity index (χ1v) is 9.07. The number of benzene rings is 3. The smallest absolute Gasteiger partial charge is 0.270 e. The van der Waals surface area contributed by atoms with Gasteiger partial charge in [0.2, 0.25) is 0 Å². The molecule has 0 saturated heterocycles. The average molecular weight is 374 g/mol. The van der Waals surface area contributed by atoms with Gasteiger partial charge < -0.3 is 5.32 Å². The van der Waals surface area contributed by atoms with E-state index in [2.05, 4.69) is 11.4 Å². The van der Waals surface area contributed by atoms with Gasteiger partial charge in [0, 0.05) is 27.5 Å². The van der Waals surface area contributed by atoms with Crippen LogP contribution in [0, 0.1) is 10.1 Å². The van der Waals surface area contributed by atoms with Crippen molar-refractivity contribution in [2.24, 2.45) is 0 Å². The maximum Gasteiger partial charge on any atom is 0.270 e. The molecular weight excluding hydrogens is 360 g/mol. The Kier molecular flexibility index (Phi) is 4.48. The molecule has 0 radical (unpaired) electrons. The highest BCUT2D eigenvalue weighted by Gasteiger charge is 2.16. The Morgan fingerprint density at radius 1 is 0.963 bits per heavy atom. The number of rotatable bonds is 4. The molecule has 3 aromatic carbocycles. The highest BCUT2D eigenvalue weighted by Crippen LogP contribution is 2.44. The van der Waals surface area contributed by atoms with Gasteiger partial charge in [-0.05, 0) is 42.0 Å². The first-order valence-electron chi connectivity index (χ1n) is 8.25. The summed E-state index contributed by atoms with van der Waals surface area (Å²) >= 11 is 1.66. The van der Waals surface area contributed by atoms with Crippen LogP contribution in [0.2, 0.25) is 0 Å². The molecule has 132 valence electrons. The Balaban J connectivity index is 1.55. The van der Waals surface area contributed by atoms with Gasteiger partial charge in [-0.15, -0.1) is 0 Å². The SMILES string of the molecule is O=C(/C=C/c1cccc([N+](=O)[O-])c1)c1ccc2c(c1)Nc1ccccc1S2. The van der Waals surface area contributed by atoms with E-state index in [9.17, 15) is 14.9 Å². The molecule has 0 aromatic heterocycles. The summed E-state index contributed by atoms with van der Waals surface area (Å²) < 4.78 is 0. The maximum absolute atomic E-state index is 12.5. The number of carbonyl (C=O) groups is 1. The third-order valence-corrected chi connectivity index (χ3v) is 5.30. The molecule has 0 aliphatic carbocycles. The van der Waals surface area contributed by atoms with Gasteiger partial charge in [0.1, 0.15) is 0 Å². The van der Waals surface area contributed by atoms with Gasteiger partial charge in [-0.25, -0.2) is 0 Å². The van der Waals surface area contributed by atoms with Gasteiger partial charge >= 0.3 is 0 Å². The molecule has 3 aromatic rings. The number of nitro benzene ring substituents is 1. The minimum Gasteiger partial charge on any atom is -0.354 e. The zero-order valence-electron chi connectivity index (χ0n) is 14.1. The maximum atomic E-state index is 12.5. The van der Waals surface area contributed by atoms with Crippen molar-refractivity contribution in [3.05, 3.63) is 94.0 Å². The summed E-state index contributed by atoms with van der Waals surface area (Å²) in [5.41, 5.74) is 3.08. The van der Waals surface area contributed by atoms with E-state index in [-0.39, 0.29) is 11.5 Å². The Morgan fingerprint density at radius 3 is 2.63 bits per heavy atom. The Hall–Kier alpha value is -3.38. The van der Waals surface area contributed by atoms with Crippen molar-refractivity contribution in [1.82, 2.24) is 0 Å². The van der Waals surface area contributed by atoms with Crippen molar-refractivity contribution in [3.8, 4) is 0 Å². The lowest BCUT2D eigenvalue weighted by Gasteiger charge is -2.20. The predicted octanol–water partition coefficient (Wildman–Crippen LogP) is 5.70. The van der Waals surface area contributed by atoms with Crippen molar-refractivity contribution in [1.29, 1.82) is 0 Å². The van der Waals surface area contributed by atoms with Crippen LogP contribution in [-0.2, 0) is 0 Å². The first kappa shape index (κ1) is 17.1. The van der Waals surface area contributed by atoms with Crippen LogP contribution in [0.5, 0.6) is 0 Å². The fraction of sp³-hybridized carbons (Fsp3) is 0. The molecule has 4 rings (SSSR count).